The summed E-state index contributed by atoms with van der Waals surface area (Å²) < 4.78 is 29.1. The highest BCUT2D eigenvalue weighted by Gasteiger charge is 2.26. The van der Waals surface area contributed by atoms with Gasteiger partial charge >= 0.3 is 13.6 Å². The molecular formula is C18H31N2O5P. The van der Waals surface area contributed by atoms with Crippen LogP contribution < -0.4 is 10.2 Å². The molecule has 2 N–H and O–H groups in total. The van der Waals surface area contributed by atoms with Crippen molar-refractivity contribution in [1.82, 2.24) is 5.09 Å². The van der Waals surface area contributed by atoms with Gasteiger partial charge in [0.1, 0.15) is 6.54 Å². The smallest absolute Gasteiger partial charge is 0.366 e. The van der Waals surface area contributed by atoms with E-state index >= 15 is 0 Å². The fourth-order valence-electron chi connectivity index (χ4n) is 1.86. The van der Waals surface area contributed by atoms with Crippen LogP contribution in [0.1, 0.15) is 34.1 Å². The van der Waals surface area contributed by atoms with Crippen LogP contribution in [-0.2, 0) is 23.4 Å². The standard InChI is InChI=1S/C18H31N2O5P/c1-6-16(23-5)13-25-26(22,20-15-10-8-7-9-11-15)19-12-17(21)24-14-18(2,3)4/h7-11,16H,6,12-14H2,1-5H3,(H2,19,20,22). The summed E-state index contributed by atoms with van der Waals surface area (Å²) in [6, 6.07) is 9.02. The molecule has 0 saturated heterocycles. The minimum absolute atomic E-state index is 0.133. The van der Waals surface area contributed by atoms with E-state index in [2.05, 4.69) is 10.2 Å². The molecule has 1 rings (SSSR count). The summed E-state index contributed by atoms with van der Waals surface area (Å²) in [6.07, 6.45) is 0.533. The fourth-order valence-corrected chi connectivity index (χ4v) is 3.29. The molecule has 1 aromatic rings. The second-order valence-electron chi connectivity index (χ2n) is 7.15. The quantitative estimate of drug-likeness (QED) is 0.442. The summed E-state index contributed by atoms with van der Waals surface area (Å²) in [4.78, 5) is 11.9. The van der Waals surface area contributed by atoms with E-state index in [-0.39, 0.29) is 31.3 Å². The average Bonchev–Trinajstić information content (AvgIpc) is 2.59. The number of carbonyl (C=O) groups is 1. The van der Waals surface area contributed by atoms with Crippen LogP contribution in [0.3, 0.4) is 0 Å². The molecule has 0 fully saturated rings. The van der Waals surface area contributed by atoms with Gasteiger partial charge in [0.15, 0.2) is 0 Å². The van der Waals surface area contributed by atoms with Gasteiger partial charge in [0.25, 0.3) is 0 Å². The van der Waals surface area contributed by atoms with E-state index < -0.39 is 13.6 Å². The number of ether oxygens (including phenoxy) is 2. The van der Waals surface area contributed by atoms with Gasteiger partial charge in [-0.1, -0.05) is 45.9 Å². The van der Waals surface area contributed by atoms with Crippen molar-refractivity contribution in [3.05, 3.63) is 30.3 Å². The van der Waals surface area contributed by atoms with Crippen LogP contribution in [0.2, 0.25) is 0 Å². The van der Waals surface area contributed by atoms with Crippen molar-refractivity contribution in [1.29, 1.82) is 0 Å². The molecule has 0 aliphatic heterocycles. The summed E-state index contributed by atoms with van der Waals surface area (Å²) >= 11 is 0. The Morgan fingerprint density at radius 3 is 2.42 bits per heavy atom. The van der Waals surface area contributed by atoms with Crippen molar-refractivity contribution in [2.45, 2.75) is 40.2 Å². The third-order valence-electron chi connectivity index (χ3n) is 3.38. The number of carbonyl (C=O) groups excluding carboxylic acids is 1. The topological polar surface area (TPSA) is 85.9 Å². The van der Waals surface area contributed by atoms with Gasteiger partial charge in [-0.2, -0.15) is 0 Å². The fraction of sp³-hybridized carbons (Fsp3) is 0.611. The molecule has 0 heterocycles. The maximum absolute atomic E-state index is 13.1. The van der Waals surface area contributed by atoms with E-state index in [1.165, 1.54) is 0 Å². The van der Waals surface area contributed by atoms with Crippen molar-refractivity contribution < 1.29 is 23.4 Å². The van der Waals surface area contributed by atoms with Gasteiger partial charge in [-0.25, -0.2) is 9.65 Å². The number of benzene rings is 1. The normalized spacial score (nSPS) is 15.1. The Kier molecular flexibility index (Phi) is 9.30. The number of esters is 1. The summed E-state index contributed by atoms with van der Waals surface area (Å²) in [5, 5.41) is 5.52. The summed E-state index contributed by atoms with van der Waals surface area (Å²) in [6.45, 7) is 8.04. The number of hydrogen-bond acceptors (Lipinski definition) is 5. The lowest BCUT2D eigenvalue weighted by molar-refractivity contribution is -0.144. The molecule has 1 aromatic carbocycles. The second-order valence-corrected chi connectivity index (χ2v) is 9.05. The van der Waals surface area contributed by atoms with Crippen molar-refractivity contribution >= 4 is 19.3 Å². The Bertz CT molecular complexity index is 585. The highest BCUT2D eigenvalue weighted by atomic mass is 31.2. The third-order valence-corrected chi connectivity index (χ3v) is 5.02. The molecule has 0 aromatic heterocycles. The molecule has 0 spiro atoms. The monoisotopic (exact) mass is 386 g/mol. The highest BCUT2D eigenvalue weighted by Crippen LogP contribution is 2.42. The maximum atomic E-state index is 13.1. The predicted molar refractivity (Wildman–Crippen MR) is 103 cm³/mol. The van der Waals surface area contributed by atoms with E-state index in [0.29, 0.717) is 5.69 Å². The number of methoxy groups -OCH3 is 1. The Morgan fingerprint density at radius 1 is 1.23 bits per heavy atom. The zero-order valence-corrected chi connectivity index (χ0v) is 17.2. The zero-order valence-electron chi connectivity index (χ0n) is 16.3. The zero-order chi connectivity index (χ0) is 19.6. The first-order chi connectivity index (χ1) is 12.2. The lowest BCUT2D eigenvalue weighted by atomic mass is 9.99. The molecule has 0 aliphatic rings. The van der Waals surface area contributed by atoms with E-state index in [1.54, 1.807) is 19.2 Å². The van der Waals surface area contributed by atoms with Gasteiger partial charge in [0, 0.05) is 12.8 Å². The number of para-hydroxylation sites is 1. The molecule has 26 heavy (non-hydrogen) atoms. The molecule has 8 heteroatoms. The van der Waals surface area contributed by atoms with Crippen LogP contribution in [-0.4, -0.2) is 38.9 Å². The van der Waals surface area contributed by atoms with Gasteiger partial charge in [0.2, 0.25) is 0 Å². The molecule has 0 saturated carbocycles. The van der Waals surface area contributed by atoms with E-state index in [0.717, 1.165) is 6.42 Å². The second kappa shape index (κ2) is 10.7. The van der Waals surface area contributed by atoms with Crippen LogP contribution in [0, 0.1) is 5.41 Å². The van der Waals surface area contributed by atoms with Crippen LogP contribution in [0.15, 0.2) is 30.3 Å². The molecule has 7 nitrogen and oxygen atoms in total. The lowest BCUT2D eigenvalue weighted by Gasteiger charge is -2.24. The maximum Gasteiger partial charge on any atom is 0.366 e. The number of nitrogens with one attached hydrogen (secondary N) is 2. The number of anilines is 1. The molecular weight excluding hydrogens is 355 g/mol. The van der Waals surface area contributed by atoms with Crippen molar-refractivity contribution in [2.75, 3.05) is 32.0 Å². The highest BCUT2D eigenvalue weighted by molar-refractivity contribution is 7.58. The average molecular weight is 386 g/mol. The summed E-state index contributed by atoms with van der Waals surface area (Å²) in [7, 11) is -1.95. The van der Waals surface area contributed by atoms with E-state index in [4.69, 9.17) is 14.0 Å². The number of rotatable bonds is 11. The van der Waals surface area contributed by atoms with Crippen LogP contribution in [0.4, 0.5) is 5.69 Å². The first-order valence-corrected chi connectivity index (χ1v) is 10.3. The van der Waals surface area contributed by atoms with Crippen molar-refractivity contribution in [3.8, 4) is 0 Å². The molecule has 2 unspecified atom stereocenters. The molecule has 2 atom stereocenters. The third kappa shape index (κ3) is 9.34. The Labute approximate surface area is 156 Å². The van der Waals surface area contributed by atoms with Gasteiger partial charge in [-0.05, 0) is 24.0 Å². The Balaban J connectivity index is 2.70. The predicted octanol–water partition coefficient (Wildman–Crippen LogP) is 3.83. The lowest BCUT2D eigenvalue weighted by Crippen LogP contribution is -2.29. The van der Waals surface area contributed by atoms with Crippen LogP contribution in [0.25, 0.3) is 0 Å². The van der Waals surface area contributed by atoms with Crippen molar-refractivity contribution in [3.63, 3.8) is 0 Å². The largest absolute Gasteiger partial charge is 0.464 e. The molecule has 148 valence electrons. The molecule has 0 amide bonds. The van der Waals surface area contributed by atoms with Crippen molar-refractivity contribution in [2.24, 2.45) is 5.41 Å². The minimum Gasteiger partial charge on any atom is -0.464 e. The number of hydrogen-bond donors (Lipinski definition) is 2. The molecule has 0 aliphatic carbocycles. The minimum atomic E-state index is -3.52. The summed E-state index contributed by atoms with van der Waals surface area (Å²) in [5.74, 6) is -0.489. The van der Waals surface area contributed by atoms with Gasteiger partial charge in [0.05, 0.1) is 19.3 Å². The van der Waals surface area contributed by atoms with Gasteiger partial charge < -0.3 is 14.6 Å². The van der Waals surface area contributed by atoms with Crippen LogP contribution >= 0.6 is 7.67 Å². The molecule has 0 bridgehead atoms. The van der Waals surface area contributed by atoms with Crippen LogP contribution in [0.5, 0.6) is 0 Å². The SMILES string of the molecule is CCC(COP(=O)(NCC(=O)OCC(C)(C)C)Nc1ccccc1)OC. The molecule has 0 radical (unpaired) electrons. The van der Waals surface area contributed by atoms with Gasteiger partial charge in [-0.15, -0.1) is 0 Å². The first-order valence-electron chi connectivity index (χ1n) is 8.69. The Morgan fingerprint density at radius 2 is 1.88 bits per heavy atom. The Hall–Kier alpha value is -1.40. The van der Waals surface area contributed by atoms with E-state index in [1.807, 2.05) is 45.9 Å². The summed E-state index contributed by atoms with van der Waals surface area (Å²) in [5.41, 5.74) is 0.488. The first kappa shape index (κ1) is 22.6. The van der Waals surface area contributed by atoms with E-state index in [9.17, 15) is 9.36 Å². The van der Waals surface area contributed by atoms with Gasteiger partial charge in [-0.3, -0.25) is 9.32 Å².